The van der Waals surface area contributed by atoms with E-state index < -0.39 is 10.0 Å². The number of carbonyl (C=O) groups excluding carboxylic acids is 1. The average molecular weight is 425 g/mol. The molecule has 0 unspecified atom stereocenters. The van der Waals surface area contributed by atoms with E-state index in [-0.39, 0.29) is 19.1 Å². The normalized spacial score (nSPS) is 11.1. The van der Waals surface area contributed by atoms with Gasteiger partial charge in [-0.2, -0.15) is 0 Å². The highest BCUT2D eigenvalue weighted by molar-refractivity contribution is 7.92. The zero-order valence-corrected chi connectivity index (χ0v) is 17.8. The number of ether oxygens (including phenoxy) is 1. The van der Waals surface area contributed by atoms with Crippen LogP contribution in [-0.2, 0) is 21.4 Å². The van der Waals surface area contributed by atoms with Crippen LogP contribution in [0.3, 0.4) is 0 Å². The lowest BCUT2D eigenvalue weighted by atomic mass is 10.2. The summed E-state index contributed by atoms with van der Waals surface area (Å²) in [5.74, 6) is 0.416. The van der Waals surface area contributed by atoms with Crippen molar-refractivity contribution < 1.29 is 17.9 Å². The van der Waals surface area contributed by atoms with Gasteiger partial charge in [-0.1, -0.05) is 23.7 Å². The lowest BCUT2D eigenvalue weighted by Gasteiger charge is -2.23. The maximum Gasteiger partial charge on any atom is 0.260 e. The number of likely N-dealkylation sites (N-methyl/N-ethyl adjacent to an activating group) is 1. The molecule has 28 heavy (non-hydrogen) atoms. The van der Waals surface area contributed by atoms with Crippen molar-refractivity contribution in [1.29, 1.82) is 0 Å². The van der Waals surface area contributed by atoms with Crippen LogP contribution >= 0.6 is 11.6 Å². The Balaban J connectivity index is 2.11. The number of halogens is 1. The Morgan fingerprint density at radius 2 is 1.57 bits per heavy atom. The summed E-state index contributed by atoms with van der Waals surface area (Å²) in [5.41, 5.74) is 1.33. The van der Waals surface area contributed by atoms with E-state index in [1.165, 1.54) is 4.31 Å². The van der Waals surface area contributed by atoms with E-state index in [0.717, 1.165) is 11.8 Å². The SMILES string of the molecule is CCN(CC)C(=O)COc1ccc(N(Cc2ccc(Cl)cc2)S(C)(=O)=O)cc1. The molecular formula is C20H25ClN2O4S. The van der Waals surface area contributed by atoms with Gasteiger partial charge < -0.3 is 9.64 Å². The summed E-state index contributed by atoms with van der Waals surface area (Å²) >= 11 is 5.89. The molecule has 0 spiro atoms. The maximum atomic E-state index is 12.3. The Kier molecular flexibility index (Phi) is 7.71. The van der Waals surface area contributed by atoms with Crippen LogP contribution in [0.2, 0.25) is 5.02 Å². The van der Waals surface area contributed by atoms with Crippen LogP contribution < -0.4 is 9.04 Å². The van der Waals surface area contributed by atoms with E-state index in [9.17, 15) is 13.2 Å². The molecule has 0 aliphatic rings. The van der Waals surface area contributed by atoms with Crippen LogP contribution in [0.15, 0.2) is 48.5 Å². The number of hydrogen-bond acceptors (Lipinski definition) is 4. The smallest absolute Gasteiger partial charge is 0.260 e. The third-order valence-corrected chi connectivity index (χ3v) is 5.64. The summed E-state index contributed by atoms with van der Waals surface area (Å²) in [6.07, 6.45) is 1.16. The number of sulfonamides is 1. The van der Waals surface area contributed by atoms with E-state index in [4.69, 9.17) is 16.3 Å². The topological polar surface area (TPSA) is 66.9 Å². The highest BCUT2D eigenvalue weighted by atomic mass is 35.5. The standard InChI is InChI=1S/C20H25ClN2O4S/c1-4-22(5-2)20(24)15-27-19-12-10-18(11-13-19)23(28(3,25)26)14-16-6-8-17(21)9-7-16/h6-13H,4-5,14-15H2,1-3H3. The molecule has 0 aromatic heterocycles. The van der Waals surface area contributed by atoms with Crippen molar-refractivity contribution in [3.63, 3.8) is 0 Å². The molecule has 0 heterocycles. The van der Waals surface area contributed by atoms with Gasteiger partial charge in [-0.25, -0.2) is 8.42 Å². The van der Waals surface area contributed by atoms with Gasteiger partial charge in [0.25, 0.3) is 5.91 Å². The quantitative estimate of drug-likeness (QED) is 0.617. The number of benzene rings is 2. The zero-order chi connectivity index (χ0) is 20.7. The number of anilines is 1. The second kappa shape index (κ2) is 9.80. The Hall–Kier alpha value is -2.25. The van der Waals surface area contributed by atoms with Crippen LogP contribution in [-0.4, -0.2) is 45.2 Å². The summed E-state index contributed by atoms with van der Waals surface area (Å²) in [6.45, 7) is 5.23. The third-order valence-electron chi connectivity index (χ3n) is 4.24. The molecule has 0 atom stereocenters. The zero-order valence-electron chi connectivity index (χ0n) is 16.3. The molecule has 2 aromatic rings. The van der Waals surface area contributed by atoms with Crippen molar-refractivity contribution in [2.75, 3.05) is 30.3 Å². The first-order chi connectivity index (χ1) is 13.2. The Labute approximate surface area is 171 Å². The lowest BCUT2D eigenvalue weighted by Crippen LogP contribution is -2.34. The molecule has 0 bridgehead atoms. The monoisotopic (exact) mass is 424 g/mol. The van der Waals surface area contributed by atoms with Crippen LogP contribution in [0.25, 0.3) is 0 Å². The highest BCUT2D eigenvalue weighted by Crippen LogP contribution is 2.24. The molecule has 6 nitrogen and oxygen atoms in total. The first-order valence-corrected chi connectivity index (χ1v) is 11.2. The molecule has 2 aromatic carbocycles. The van der Waals surface area contributed by atoms with Crippen LogP contribution in [0.5, 0.6) is 5.75 Å². The largest absolute Gasteiger partial charge is 0.484 e. The van der Waals surface area contributed by atoms with Gasteiger partial charge in [0, 0.05) is 18.1 Å². The van der Waals surface area contributed by atoms with Gasteiger partial charge in [-0.3, -0.25) is 9.10 Å². The van der Waals surface area contributed by atoms with Crippen LogP contribution in [0.4, 0.5) is 5.69 Å². The van der Waals surface area contributed by atoms with Gasteiger partial charge in [-0.15, -0.1) is 0 Å². The molecule has 1 amide bonds. The predicted molar refractivity (Wildman–Crippen MR) is 112 cm³/mol. The summed E-state index contributed by atoms with van der Waals surface area (Å²) in [7, 11) is -3.48. The third kappa shape index (κ3) is 6.14. The van der Waals surface area contributed by atoms with Gasteiger partial charge in [0.15, 0.2) is 6.61 Å². The molecule has 0 saturated carbocycles. The summed E-state index contributed by atoms with van der Waals surface area (Å²) in [5, 5.41) is 0.593. The van der Waals surface area contributed by atoms with E-state index in [1.807, 2.05) is 13.8 Å². The van der Waals surface area contributed by atoms with Crippen LogP contribution in [0, 0.1) is 0 Å². The van der Waals surface area contributed by atoms with E-state index in [0.29, 0.717) is 29.5 Å². The van der Waals surface area contributed by atoms with Crippen molar-refractivity contribution in [3.8, 4) is 5.75 Å². The molecule has 0 fully saturated rings. The second-order valence-electron chi connectivity index (χ2n) is 6.24. The minimum Gasteiger partial charge on any atom is -0.484 e. The molecule has 0 N–H and O–H groups in total. The first kappa shape index (κ1) is 22.0. The molecule has 2 rings (SSSR count). The molecule has 0 radical (unpaired) electrons. The van der Waals surface area contributed by atoms with E-state index >= 15 is 0 Å². The average Bonchev–Trinajstić information content (AvgIpc) is 2.66. The number of nitrogens with zero attached hydrogens (tertiary/aromatic N) is 2. The number of carbonyl (C=O) groups is 1. The van der Waals surface area contributed by atoms with Gasteiger partial charge in [0.05, 0.1) is 18.5 Å². The second-order valence-corrected chi connectivity index (χ2v) is 8.59. The Bertz CT molecular complexity index is 879. The first-order valence-electron chi connectivity index (χ1n) is 8.97. The van der Waals surface area contributed by atoms with E-state index in [2.05, 4.69) is 0 Å². The fourth-order valence-corrected chi connectivity index (χ4v) is 3.69. The number of amides is 1. The van der Waals surface area contributed by atoms with Crippen molar-refractivity contribution >= 4 is 33.2 Å². The minimum absolute atomic E-state index is 0.0540. The van der Waals surface area contributed by atoms with Crippen molar-refractivity contribution in [3.05, 3.63) is 59.1 Å². The summed E-state index contributed by atoms with van der Waals surface area (Å²) in [4.78, 5) is 13.7. The van der Waals surface area contributed by atoms with Gasteiger partial charge in [-0.05, 0) is 55.8 Å². The Morgan fingerprint density at radius 3 is 2.07 bits per heavy atom. The minimum atomic E-state index is -3.48. The molecule has 0 aliphatic heterocycles. The van der Waals surface area contributed by atoms with Crippen molar-refractivity contribution in [2.45, 2.75) is 20.4 Å². The lowest BCUT2D eigenvalue weighted by molar-refractivity contribution is -0.132. The van der Waals surface area contributed by atoms with Crippen molar-refractivity contribution in [2.24, 2.45) is 0 Å². The van der Waals surface area contributed by atoms with Crippen molar-refractivity contribution in [1.82, 2.24) is 4.90 Å². The maximum absolute atomic E-state index is 12.3. The van der Waals surface area contributed by atoms with Gasteiger partial charge in [0.1, 0.15) is 5.75 Å². The van der Waals surface area contributed by atoms with E-state index in [1.54, 1.807) is 53.4 Å². The number of hydrogen-bond donors (Lipinski definition) is 0. The number of rotatable bonds is 9. The van der Waals surface area contributed by atoms with Gasteiger partial charge in [0.2, 0.25) is 10.0 Å². The summed E-state index contributed by atoms with van der Waals surface area (Å²) in [6, 6.07) is 13.7. The highest BCUT2D eigenvalue weighted by Gasteiger charge is 2.18. The molecule has 152 valence electrons. The molecule has 0 aliphatic carbocycles. The Morgan fingerprint density at radius 1 is 1.00 bits per heavy atom. The van der Waals surface area contributed by atoms with Gasteiger partial charge >= 0.3 is 0 Å². The molecule has 8 heteroatoms. The van der Waals surface area contributed by atoms with Crippen LogP contribution in [0.1, 0.15) is 19.4 Å². The fourth-order valence-electron chi connectivity index (χ4n) is 2.68. The molecular weight excluding hydrogens is 400 g/mol. The molecule has 0 saturated heterocycles. The predicted octanol–water partition coefficient (Wildman–Crippen LogP) is 3.55. The summed E-state index contributed by atoms with van der Waals surface area (Å²) < 4.78 is 31.4. The fraction of sp³-hybridized carbons (Fsp3) is 0.350.